The number of likely N-dealkylation sites (tertiary alicyclic amines) is 2. The zero-order valence-corrected chi connectivity index (χ0v) is 29.3. The van der Waals surface area contributed by atoms with E-state index in [9.17, 15) is 4.39 Å². The summed E-state index contributed by atoms with van der Waals surface area (Å²) in [6.07, 6.45) is 21.1. The van der Waals surface area contributed by atoms with E-state index in [0.717, 1.165) is 96.6 Å². The Labute approximate surface area is 301 Å². The molecule has 268 valence electrons. The van der Waals surface area contributed by atoms with Crippen LogP contribution in [0.5, 0.6) is 5.75 Å². The number of imidazole rings is 1. The molecule has 1 aromatic carbocycles. The Kier molecular flexibility index (Phi) is 9.18. The van der Waals surface area contributed by atoms with Crippen molar-refractivity contribution in [1.29, 1.82) is 0 Å². The molecule has 52 heavy (non-hydrogen) atoms. The summed E-state index contributed by atoms with van der Waals surface area (Å²) in [4.78, 5) is 17.8. The van der Waals surface area contributed by atoms with Gasteiger partial charge in [-0.25, -0.2) is 9.37 Å². The average molecular weight is 702 g/mol. The quantitative estimate of drug-likeness (QED) is 0.186. The van der Waals surface area contributed by atoms with Gasteiger partial charge in [0.15, 0.2) is 5.82 Å². The van der Waals surface area contributed by atoms with Crippen molar-refractivity contribution in [3.8, 4) is 28.4 Å². The summed E-state index contributed by atoms with van der Waals surface area (Å²) in [5, 5.41) is 17.1. The Morgan fingerprint density at radius 2 is 1.73 bits per heavy atom. The van der Waals surface area contributed by atoms with Crippen molar-refractivity contribution in [2.24, 2.45) is 0 Å². The maximum Gasteiger partial charge on any atom is 0.159 e. The molecule has 11 nitrogen and oxygen atoms in total. The van der Waals surface area contributed by atoms with E-state index >= 15 is 0 Å². The number of hydrogen-bond donors (Lipinski definition) is 4. The average Bonchev–Trinajstić information content (AvgIpc) is 3.94. The van der Waals surface area contributed by atoms with Gasteiger partial charge in [0, 0.05) is 55.4 Å². The first-order chi connectivity index (χ1) is 25.7. The number of ether oxygens (including phenoxy) is 2. The fraction of sp³-hybridized carbons (Fsp3) is 0.375. The highest BCUT2D eigenvalue weighted by molar-refractivity contribution is 5.93. The van der Waals surface area contributed by atoms with Crippen LogP contribution >= 0.6 is 0 Å². The number of aromatic amines is 2. The number of fused-ring (bicyclic) bond motifs is 3. The molecule has 0 amide bonds. The van der Waals surface area contributed by atoms with Crippen molar-refractivity contribution in [2.45, 2.75) is 31.7 Å². The molecule has 0 radical (unpaired) electrons. The molecule has 0 bridgehead atoms. The van der Waals surface area contributed by atoms with Crippen LogP contribution in [-0.2, 0) is 4.74 Å². The molecule has 9 rings (SSSR count). The fourth-order valence-corrected chi connectivity index (χ4v) is 7.91. The first kappa shape index (κ1) is 32.8. The molecule has 1 aliphatic carbocycles. The van der Waals surface area contributed by atoms with Crippen molar-refractivity contribution in [2.75, 3.05) is 65.6 Å². The maximum atomic E-state index is 14.9. The second-order valence-corrected chi connectivity index (χ2v) is 14.1. The summed E-state index contributed by atoms with van der Waals surface area (Å²) in [6.45, 7) is 8.93. The van der Waals surface area contributed by atoms with Crippen LogP contribution in [0.3, 0.4) is 0 Å². The molecule has 4 N–H and O–H groups in total. The van der Waals surface area contributed by atoms with Gasteiger partial charge in [-0.3, -0.25) is 19.9 Å². The highest BCUT2D eigenvalue weighted by Crippen LogP contribution is 2.33. The highest BCUT2D eigenvalue weighted by Gasteiger charge is 2.32. The standard InChI is InChI=1S/C40H44FN9O2/c41-28-18-26(19-30(21-28)52-17-15-50-12-3-4-13-50)32-23-43-25-35-38(32)46-40(45-35)39-36-33-24-44-37(33)31(7-8-34(36)47-48-39)27-20-29(6-5-9-42-22-27)51-16-14-49-10-1-2-11-49/h5-8,18-23,25,37,42,44,47H,1-4,9-17,24H2,(H,45,46)/b6-5+,27-22+,29-20+. The number of nitrogens with one attached hydrogen (secondary N) is 4. The molecular weight excluding hydrogens is 657 g/mol. The maximum absolute atomic E-state index is 14.9. The zero-order valence-electron chi connectivity index (χ0n) is 29.3. The third-order valence-electron chi connectivity index (χ3n) is 10.7. The number of allylic oxidation sites excluding steroid dienone is 3. The van der Waals surface area contributed by atoms with Crippen LogP contribution in [0.25, 0.3) is 45.3 Å². The molecule has 1 unspecified atom stereocenters. The van der Waals surface area contributed by atoms with E-state index in [1.165, 1.54) is 43.4 Å². The molecule has 1 atom stereocenters. The topological polar surface area (TPSA) is 119 Å². The van der Waals surface area contributed by atoms with Gasteiger partial charge in [-0.15, -0.1) is 0 Å². The molecule has 3 aromatic heterocycles. The summed E-state index contributed by atoms with van der Waals surface area (Å²) in [7, 11) is 0. The summed E-state index contributed by atoms with van der Waals surface area (Å²) >= 11 is 0. The fourth-order valence-electron chi connectivity index (χ4n) is 7.91. The second-order valence-electron chi connectivity index (χ2n) is 14.1. The molecule has 0 saturated carbocycles. The minimum Gasteiger partial charge on any atom is -0.492 e. The number of aromatic nitrogens is 5. The van der Waals surface area contributed by atoms with Gasteiger partial charge in [0.2, 0.25) is 0 Å². The van der Waals surface area contributed by atoms with Crippen LogP contribution in [0.2, 0.25) is 0 Å². The third-order valence-corrected chi connectivity index (χ3v) is 10.7. The number of nitrogens with zero attached hydrogens (tertiary/aromatic N) is 5. The summed E-state index contributed by atoms with van der Waals surface area (Å²) in [5.74, 6) is 1.63. The molecule has 3 fully saturated rings. The van der Waals surface area contributed by atoms with Crippen molar-refractivity contribution < 1.29 is 13.9 Å². The number of hydrogen-bond acceptors (Lipinski definition) is 9. The lowest BCUT2D eigenvalue weighted by Gasteiger charge is -2.34. The van der Waals surface area contributed by atoms with Crippen molar-refractivity contribution in [3.63, 3.8) is 0 Å². The largest absolute Gasteiger partial charge is 0.492 e. The minimum atomic E-state index is -0.362. The van der Waals surface area contributed by atoms with Crippen LogP contribution in [0.15, 0.2) is 78.0 Å². The van der Waals surface area contributed by atoms with Gasteiger partial charge in [-0.05, 0) is 105 Å². The SMILES string of the molecule is Fc1cc(OCCN2CCCC2)cc(-c2cncc3[nH]c(-c4n[nH]c5c4=C4CNC4C(C4=C/NC/C=C/C(OCCN6CCCC6)=C\4)=CC=5)nc23)c1. The lowest BCUT2D eigenvalue weighted by atomic mass is 9.86. The first-order valence-corrected chi connectivity index (χ1v) is 18.6. The first-order valence-electron chi connectivity index (χ1n) is 18.6. The Hall–Kier alpha value is -5.04. The van der Waals surface area contributed by atoms with Gasteiger partial charge in [0.05, 0.1) is 28.6 Å². The number of halogens is 1. The van der Waals surface area contributed by atoms with Gasteiger partial charge in [-0.2, -0.15) is 5.10 Å². The van der Waals surface area contributed by atoms with E-state index in [1.807, 2.05) is 6.07 Å². The van der Waals surface area contributed by atoms with E-state index in [4.69, 9.17) is 19.6 Å². The monoisotopic (exact) mass is 701 g/mol. The number of H-pyrrole nitrogens is 2. The van der Waals surface area contributed by atoms with Crippen molar-refractivity contribution in [1.82, 2.24) is 45.6 Å². The number of rotatable bonds is 11. The van der Waals surface area contributed by atoms with Crippen LogP contribution < -0.4 is 25.9 Å². The lowest BCUT2D eigenvalue weighted by molar-refractivity contribution is 0.179. The number of benzene rings is 1. The van der Waals surface area contributed by atoms with Gasteiger partial charge in [0.1, 0.15) is 36.2 Å². The van der Waals surface area contributed by atoms with Gasteiger partial charge in [0.25, 0.3) is 0 Å². The predicted molar refractivity (Wildman–Crippen MR) is 200 cm³/mol. The van der Waals surface area contributed by atoms with Gasteiger partial charge >= 0.3 is 0 Å². The molecule has 5 aliphatic rings. The van der Waals surface area contributed by atoms with E-state index in [1.54, 1.807) is 12.4 Å². The zero-order chi connectivity index (χ0) is 34.9. The van der Waals surface area contributed by atoms with E-state index in [-0.39, 0.29) is 11.9 Å². The molecule has 3 saturated heterocycles. The Bertz CT molecular complexity index is 2220. The van der Waals surface area contributed by atoms with E-state index in [2.05, 4.69) is 72.1 Å². The lowest BCUT2D eigenvalue weighted by Crippen LogP contribution is -2.51. The Morgan fingerprint density at radius 1 is 0.923 bits per heavy atom. The smallest absolute Gasteiger partial charge is 0.159 e. The second kappa shape index (κ2) is 14.5. The van der Waals surface area contributed by atoms with E-state index < -0.39 is 0 Å². The predicted octanol–water partition coefficient (Wildman–Crippen LogP) is 3.51. The summed E-state index contributed by atoms with van der Waals surface area (Å²) in [6, 6.07) is 4.82. The molecular formula is C40H44FN9O2. The van der Waals surface area contributed by atoms with E-state index in [0.29, 0.717) is 35.9 Å². The van der Waals surface area contributed by atoms with Crippen molar-refractivity contribution >= 4 is 22.7 Å². The minimum absolute atomic E-state index is 0.00481. The van der Waals surface area contributed by atoms with Gasteiger partial charge in [-0.1, -0.05) is 12.2 Å². The van der Waals surface area contributed by atoms with Crippen LogP contribution in [0.4, 0.5) is 4.39 Å². The van der Waals surface area contributed by atoms with Crippen molar-refractivity contribution in [3.05, 3.63) is 94.4 Å². The summed E-state index contributed by atoms with van der Waals surface area (Å²) < 4.78 is 27.2. The molecule has 12 heteroatoms. The molecule has 4 aromatic rings. The van der Waals surface area contributed by atoms with Crippen LogP contribution in [0.1, 0.15) is 25.7 Å². The molecule has 7 heterocycles. The molecule has 4 aliphatic heterocycles. The van der Waals surface area contributed by atoms with Gasteiger partial charge < -0.3 is 25.1 Å². The van der Waals surface area contributed by atoms with Crippen LogP contribution in [-0.4, -0.2) is 107 Å². The third kappa shape index (κ3) is 6.69. The molecule has 0 spiro atoms. The highest BCUT2D eigenvalue weighted by atomic mass is 19.1. The Balaban J connectivity index is 0.994. The number of pyridine rings is 1. The summed E-state index contributed by atoms with van der Waals surface area (Å²) in [5.41, 5.74) is 7.03. The Morgan fingerprint density at radius 3 is 2.52 bits per heavy atom. The normalized spacial score (nSPS) is 23.1. The van der Waals surface area contributed by atoms with Crippen LogP contribution in [0, 0.1) is 5.82 Å².